The first-order valence-electron chi connectivity index (χ1n) is 5.90. The van der Waals surface area contributed by atoms with Crippen LogP contribution in [-0.4, -0.2) is 16.8 Å². The zero-order valence-corrected chi connectivity index (χ0v) is 11.2. The molecule has 1 heterocycles. The Kier molecular flexibility index (Phi) is 4.68. The van der Waals surface area contributed by atoms with Crippen molar-refractivity contribution in [1.29, 1.82) is 0 Å². The summed E-state index contributed by atoms with van der Waals surface area (Å²) in [5, 5.41) is 5.54. The number of halogens is 1. The number of anilines is 1. The molecule has 1 aromatic carbocycles. The highest BCUT2D eigenvalue weighted by Gasteiger charge is 2.13. The van der Waals surface area contributed by atoms with Gasteiger partial charge in [0.2, 0.25) is 0 Å². The van der Waals surface area contributed by atoms with Gasteiger partial charge in [-0.25, -0.2) is 4.98 Å². The van der Waals surface area contributed by atoms with Crippen LogP contribution in [0.3, 0.4) is 0 Å². The Morgan fingerprint density at radius 1 is 1.05 bits per heavy atom. The van der Waals surface area contributed by atoms with Gasteiger partial charge in [-0.3, -0.25) is 9.59 Å². The number of hydrogen-bond donors (Lipinski definition) is 2. The van der Waals surface area contributed by atoms with Gasteiger partial charge in [0.1, 0.15) is 5.82 Å². The second-order valence-corrected chi connectivity index (χ2v) is 4.41. The van der Waals surface area contributed by atoms with Crippen LogP contribution in [0.5, 0.6) is 0 Å². The smallest absolute Gasteiger partial charge is 0.314 e. The van der Waals surface area contributed by atoms with Crippen LogP contribution < -0.4 is 10.6 Å². The monoisotopic (exact) mass is 289 g/mol. The largest absolute Gasteiger partial charge is 0.344 e. The molecule has 0 spiro atoms. The van der Waals surface area contributed by atoms with Gasteiger partial charge in [0.05, 0.1) is 0 Å². The summed E-state index contributed by atoms with van der Waals surface area (Å²) in [5.41, 5.74) is 0.855. The summed E-state index contributed by atoms with van der Waals surface area (Å²) < 4.78 is 0. The Hall–Kier alpha value is -2.40. The maximum Gasteiger partial charge on any atom is 0.314 e. The van der Waals surface area contributed by atoms with E-state index < -0.39 is 11.8 Å². The van der Waals surface area contributed by atoms with Crippen LogP contribution in [-0.2, 0) is 16.1 Å². The van der Waals surface area contributed by atoms with Crippen LogP contribution >= 0.6 is 11.6 Å². The molecule has 5 nitrogen and oxygen atoms in total. The van der Waals surface area contributed by atoms with E-state index in [9.17, 15) is 9.59 Å². The summed E-state index contributed by atoms with van der Waals surface area (Å²) >= 11 is 5.76. The first kappa shape index (κ1) is 14.0. The molecule has 0 bridgehead atoms. The molecule has 0 saturated heterocycles. The van der Waals surface area contributed by atoms with Crippen molar-refractivity contribution < 1.29 is 9.59 Å². The standard InChI is InChI=1S/C14H12ClN3O2/c15-11-6-4-10(5-7-11)9-17-13(19)14(20)18-12-3-1-2-8-16-12/h1-8H,9H2,(H,17,19)(H,16,18,20). The van der Waals surface area contributed by atoms with Crippen LogP contribution in [0.25, 0.3) is 0 Å². The molecule has 0 radical (unpaired) electrons. The Morgan fingerprint density at radius 3 is 2.45 bits per heavy atom. The van der Waals surface area contributed by atoms with E-state index in [1.165, 1.54) is 6.20 Å². The molecule has 1 aromatic heterocycles. The number of pyridine rings is 1. The Morgan fingerprint density at radius 2 is 1.80 bits per heavy atom. The van der Waals surface area contributed by atoms with Gasteiger partial charge in [-0.1, -0.05) is 29.8 Å². The molecule has 0 aliphatic carbocycles. The Labute approximate surface area is 121 Å². The lowest BCUT2D eigenvalue weighted by molar-refractivity contribution is -0.136. The fourth-order valence-electron chi connectivity index (χ4n) is 1.47. The molecule has 0 aliphatic rings. The average molecular weight is 290 g/mol. The summed E-state index contributed by atoms with van der Waals surface area (Å²) in [7, 11) is 0. The Bertz CT molecular complexity index is 600. The molecule has 0 saturated carbocycles. The van der Waals surface area contributed by atoms with Gasteiger partial charge in [0.25, 0.3) is 0 Å². The molecule has 2 N–H and O–H groups in total. The highest BCUT2D eigenvalue weighted by atomic mass is 35.5. The van der Waals surface area contributed by atoms with Crippen molar-refractivity contribution in [1.82, 2.24) is 10.3 Å². The van der Waals surface area contributed by atoms with Gasteiger partial charge in [-0.2, -0.15) is 0 Å². The molecule has 102 valence electrons. The zero-order chi connectivity index (χ0) is 14.4. The highest BCUT2D eigenvalue weighted by molar-refractivity contribution is 6.39. The predicted molar refractivity (Wildman–Crippen MR) is 76.2 cm³/mol. The molecule has 0 aliphatic heterocycles. The quantitative estimate of drug-likeness (QED) is 0.849. The van der Waals surface area contributed by atoms with Crippen molar-refractivity contribution >= 4 is 29.2 Å². The van der Waals surface area contributed by atoms with E-state index >= 15 is 0 Å². The lowest BCUT2D eigenvalue weighted by Gasteiger charge is -2.06. The zero-order valence-electron chi connectivity index (χ0n) is 10.5. The van der Waals surface area contributed by atoms with Gasteiger partial charge in [0.15, 0.2) is 0 Å². The number of amides is 2. The lowest BCUT2D eigenvalue weighted by Crippen LogP contribution is -2.35. The van der Waals surface area contributed by atoms with Gasteiger partial charge < -0.3 is 10.6 Å². The van der Waals surface area contributed by atoms with E-state index in [1.54, 1.807) is 42.5 Å². The number of carbonyl (C=O) groups excluding carboxylic acids is 2. The van der Waals surface area contributed by atoms with E-state index in [-0.39, 0.29) is 6.54 Å². The first-order chi connectivity index (χ1) is 9.65. The van der Waals surface area contributed by atoms with E-state index in [2.05, 4.69) is 15.6 Å². The second-order valence-electron chi connectivity index (χ2n) is 3.98. The van der Waals surface area contributed by atoms with E-state index in [4.69, 9.17) is 11.6 Å². The Balaban J connectivity index is 1.85. The molecule has 0 atom stereocenters. The minimum absolute atomic E-state index is 0.256. The fourth-order valence-corrected chi connectivity index (χ4v) is 1.60. The van der Waals surface area contributed by atoms with Crippen molar-refractivity contribution in [2.45, 2.75) is 6.54 Å². The summed E-state index contributed by atoms with van der Waals surface area (Å²) in [6.45, 7) is 0.256. The fraction of sp³-hybridized carbons (Fsp3) is 0.0714. The molecule has 6 heteroatoms. The number of rotatable bonds is 3. The molecular formula is C14H12ClN3O2. The third-order valence-corrected chi connectivity index (χ3v) is 2.73. The molecule has 20 heavy (non-hydrogen) atoms. The van der Waals surface area contributed by atoms with Crippen molar-refractivity contribution in [2.24, 2.45) is 0 Å². The topological polar surface area (TPSA) is 71.1 Å². The third kappa shape index (κ3) is 4.07. The van der Waals surface area contributed by atoms with E-state index in [0.29, 0.717) is 10.8 Å². The predicted octanol–water partition coefficient (Wildman–Crippen LogP) is 1.99. The molecule has 0 unspecified atom stereocenters. The van der Waals surface area contributed by atoms with Crippen LogP contribution in [0.4, 0.5) is 5.82 Å². The van der Waals surface area contributed by atoms with Crippen LogP contribution in [0, 0.1) is 0 Å². The van der Waals surface area contributed by atoms with Crippen molar-refractivity contribution in [3.63, 3.8) is 0 Å². The summed E-state index contributed by atoms with van der Waals surface area (Å²) in [5.74, 6) is -1.14. The van der Waals surface area contributed by atoms with Gasteiger partial charge in [-0.05, 0) is 29.8 Å². The third-order valence-electron chi connectivity index (χ3n) is 2.48. The van der Waals surface area contributed by atoms with Gasteiger partial charge >= 0.3 is 11.8 Å². The van der Waals surface area contributed by atoms with Crippen LogP contribution in [0.1, 0.15) is 5.56 Å². The lowest BCUT2D eigenvalue weighted by atomic mass is 10.2. The van der Waals surface area contributed by atoms with Gasteiger partial charge in [-0.15, -0.1) is 0 Å². The average Bonchev–Trinajstić information content (AvgIpc) is 2.47. The van der Waals surface area contributed by atoms with Gasteiger partial charge in [0, 0.05) is 17.8 Å². The number of nitrogens with one attached hydrogen (secondary N) is 2. The SMILES string of the molecule is O=C(NCc1ccc(Cl)cc1)C(=O)Nc1ccccn1. The minimum atomic E-state index is -0.752. The summed E-state index contributed by atoms with van der Waals surface area (Å²) in [4.78, 5) is 27.1. The van der Waals surface area contributed by atoms with E-state index in [1.807, 2.05) is 0 Å². The molecular weight excluding hydrogens is 278 g/mol. The summed E-state index contributed by atoms with van der Waals surface area (Å²) in [6.07, 6.45) is 1.53. The maximum atomic E-state index is 11.6. The minimum Gasteiger partial charge on any atom is -0.344 e. The number of aromatic nitrogens is 1. The molecule has 2 rings (SSSR count). The normalized spacial score (nSPS) is 9.85. The summed E-state index contributed by atoms with van der Waals surface area (Å²) in [6, 6.07) is 12.0. The second kappa shape index (κ2) is 6.68. The van der Waals surface area contributed by atoms with Crippen molar-refractivity contribution in [3.8, 4) is 0 Å². The van der Waals surface area contributed by atoms with Crippen LogP contribution in [0.15, 0.2) is 48.7 Å². The number of hydrogen-bond acceptors (Lipinski definition) is 3. The highest BCUT2D eigenvalue weighted by Crippen LogP contribution is 2.09. The van der Waals surface area contributed by atoms with Crippen molar-refractivity contribution in [2.75, 3.05) is 5.32 Å². The number of benzene rings is 1. The van der Waals surface area contributed by atoms with E-state index in [0.717, 1.165) is 5.56 Å². The molecule has 0 fully saturated rings. The van der Waals surface area contributed by atoms with Crippen molar-refractivity contribution in [3.05, 3.63) is 59.2 Å². The molecule has 2 aromatic rings. The molecule has 2 amide bonds. The number of carbonyl (C=O) groups is 2. The number of nitrogens with zero attached hydrogens (tertiary/aromatic N) is 1. The van der Waals surface area contributed by atoms with Crippen LogP contribution in [0.2, 0.25) is 5.02 Å². The maximum absolute atomic E-state index is 11.6. The first-order valence-corrected chi connectivity index (χ1v) is 6.27.